The van der Waals surface area contributed by atoms with Crippen molar-refractivity contribution in [2.24, 2.45) is 5.73 Å². The lowest BCUT2D eigenvalue weighted by molar-refractivity contribution is 1.02. The Hall–Kier alpha value is -0.670. The minimum atomic E-state index is 0.532. The SMILES string of the molecule is Cc1ccc(CN)c(Sc2ccc(Cl)c(Cl)c2)c1. The summed E-state index contributed by atoms with van der Waals surface area (Å²) in [5.74, 6) is 0. The zero-order chi connectivity index (χ0) is 13.1. The van der Waals surface area contributed by atoms with Crippen molar-refractivity contribution in [2.75, 3.05) is 0 Å². The second kappa shape index (κ2) is 5.98. The van der Waals surface area contributed by atoms with Crippen LogP contribution in [0.4, 0.5) is 0 Å². The molecule has 2 rings (SSSR count). The van der Waals surface area contributed by atoms with Crippen molar-refractivity contribution < 1.29 is 0 Å². The minimum Gasteiger partial charge on any atom is -0.326 e. The van der Waals surface area contributed by atoms with Gasteiger partial charge in [0.2, 0.25) is 0 Å². The van der Waals surface area contributed by atoms with Crippen LogP contribution in [-0.2, 0) is 6.54 Å². The first-order valence-electron chi connectivity index (χ1n) is 5.52. The molecule has 0 bridgehead atoms. The molecule has 0 saturated heterocycles. The molecule has 2 N–H and O–H groups in total. The summed E-state index contributed by atoms with van der Waals surface area (Å²) >= 11 is 13.6. The average Bonchev–Trinajstić information content (AvgIpc) is 2.34. The third-order valence-corrected chi connectivity index (χ3v) is 4.39. The smallest absolute Gasteiger partial charge is 0.0603 e. The Morgan fingerprint density at radius 3 is 2.50 bits per heavy atom. The summed E-state index contributed by atoms with van der Waals surface area (Å²) in [6.45, 7) is 2.60. The van der Waals surface area contributed by atoms with Gasteiger partial charge in [0, 0.05) is 16.3 Å². The number of aryl methyl sites for hydroxylation is 1. The quantitative estimate of drug-likeness (QED) is 0.871. The van der Waals surface area contributed by atoms with Gasteiger partial charge in [-0.15, -0.1) is 0 Å². The Kier molecular flexibility index (Phi) is 4.57. The summed E-state index contributed by atoms with van der Waals surface area (Å²) in [6.07, 6.45) is 0. The number of nitrogens with two attached hydrogens (primary N) is 1. The van der Waals surface area contributed by atoms with Crippen molar-refractivity contribution in [1.82, 2.24) is 0 Å². The third-order valence-electron chi connectivity index (χ3n) is 2.56. The molecule has 2 aromatic rings. The molecule has 0 atom stereocenters. The minimum absolute atomic E-state index is 0.532. The van der Waals surface area contributed by atoms with Crippen molar-refractivity contribution in [3.8, 4) is 0 Å². The van der Waals surface area contributed by atoms with Crippen LogP contribution in [-0.4, -0.2) is 0 Å². The Bertz CT molecular complexity index is 570. The van der Waals surface area contributed by atoms with Crippen LogP contribution in [0.3, 0.4) is 0 Å². The summed E-state index contributed by atoms with van der Waals surface area (Å²) < 4.78 is 0. The molecule has 0 unspecified atom stereocenters. The molecular weight excluding hydrogens is 285 g/mol. The number of halogens is 2. The van der Waals surface area contributed by atoms with Crippen molar-refractivity contribution in [2.45, 2.75) is 23.3 Å². The molecule has 94 valence electrons. The molecular formula is C14H13Cl2NS. The zero-order valence-electron chi connectivity index (χ0n) is 9.91. The lowest BCUT2D eigenvalue weighted by Crippen LogP contribution is -1.98. The van der Waals surface area contributed by atoms with Crippen LogP contribution in [0.2, 0.25) is 10.0 Å². The molecule has 0 amide bonds. The molecule has 0 fully saturated rings. The standard InChI is InChI=1S/C14H13Cl2NS/c1-9-2-3-10(8-17)14(6-9)18-11-4-5-12(15)13(16)7-11/h2-7H,8,17H2,1H3. The van der Waals surface area contributed by atoms with Gasteiger partial charge in [-0.25, -0.2) is 0 Å². The van der Waals surface area contributed by atoms with Crippen molar-refractivity contribution in [1.29, 1.82) is 0 Å². The number of benzene rings is 2. The van der Waals surface area contributed by atoms with Crippen LogP contribution >= 0.6 is 35.0 Å². The molecule has 0 saturated carbocycles. The van der Waals surface area contributed by atoms with E-state index in [1.54, 1.807) is 11.8 Å². The van der Waals surface area contributed by atoms with Gasteiger partial charge in [-0.2, -0.15) is 0 Å². The van der Waals surface area contributed by atoms with E-state index < -0.39 is 0 Å². The van der Waals surface area contributed by atoms with Gasteiger partial charge in [0.05, 0.1) is 10.0 Å². The summed E-state index contributed by atoms with van der Waals surface area (Å²) in [5, 5.41) is 1.15. The van der Waals surface area contributed by atoms with E-state index in [0.29, 0.717) is 16.6 Å². The summed E-state index contributed by atoms with van der Waals surface area (Å²) in [4.78, 5) is 2.22. The van der Waals surface area contributed by atoms with Crippen LogP contribution in [0.5, 0.6) is 0 Å². The van der Waals surface area contributed by atoms with Gasteiger partial charge in [0.25, 0.3) is 0 Å². The molecule has 0 aromatic heterocycles. The van der Waals surface area contributed by atoms with Gasteiger partial charge in [-0.3, -0.25) is 0 Å². The molecule has 1 nitrogen and oxygen atoms in total. The van der Waals surface area contributed by atoms with E-state index in [9.17, 15) is 0 Å². The van der Waals surface area contributed by atoms with Gasteiger partial charge in [-0.05, 0) is 42.3 Å². The van der Waals surface area contributed by atoms with E-state index >= 15 is 0 Å². The average molecular weight is 298 g/mol. The zero-order valence-corrected chi connectivity index (χ0v) is 12.2. The monoisotopic (exact) mass is 297 g/mol. The van der Waals surface area contributed by atoms with Gasteiger partial charge >= 0.3 is 0 Å². The highest BCUT2D eigenvalue weighted by Crippen LogP contribution is 2.34. The van der Waals surface area contributed by atoms with E-state index in [0.717, 1.165) is 15.4 Å². The molecule has 0 aliphatic rings. The van der Waals surface area contributed by atoms with Gasteiger partial charge in [0.15, 0.2) is 0 Å². The van der Waals surface area contributed by atoms with E-state index in [4.69, 9.17) is 28.9 Å². The van der Waals surface area contributed by atoms with E-state index in [2.05, 4.69) is 25.1 Å². The lowest BCUT2D eigenvalue weighted by Gasteiger charge is -2.09. The summed E-state index contributed by atoms with van der Waals surface area (Å²) in [7, 11) is 0. The highest BCUT2D eigenvalue weighted by atomic mass is 35.5. The first-order valence-corrected chi connectivity index (χ1v) is 7.10. The predicted octanol–water partition coefficient (Wildman–Crippen LogP) is 4.91. The fourth-order valence-electron chi connectivity index (χ4n) is 1.59. The fraction of sp³-hybridized carbons (Fsp3) is 0.143. The molecule has 0 radical (unpaired) electrons. The summed E-state index contributed by atoms with van der Waals surface area (Å²) in [6, 6.07) is 11.9. The highest BCUT2D eigenvalue weighted by Gasteiger charge is 2.06. The first kappa shape index (κ1) is 13.8. The van der Waals surface area contributed by atoms with E-state index in [1.807, 2.05) is 18.2 Å². The second-order valence-corrected chi connectivity index (χ2v) is 5.92. The maximum atomic E-state index is 6.02. The molecule has 0 spiro atoms. The van der Waals surface area contributed by atoms with Gasteiger partial charge in [-0.1, -0.05) is 47.1 Å². The number of hydrogen-bond donors (Lipinski definition) is 1. The fourth-order valence-corrected chi connectivity index (χ4v) is 3.05. The normalized spacial score (nSPS) is 10.7. The van der Waals surface area contributed by atoms with Gasteiger partial charge in [0.1, 0.15) is 0 Å². The van der Waals surface area contributed by atoms with Crippen molar-refractivity contribution >= 4 is 35.0 Å². The largest absolute Gasteiger partial charge is 0.326 e. The van der Waals surface area contributed by atoms with Crippen LogP contribution in [0.25, 0.3) is 0 Å². The Morgan fingerprint density at radius 1 is 1.06 bits per heavy atom. The predicted molar refractivity (Wildman–Crippen MR) is 79.7 cm³/mol. The van der Waals surface area contributed by atoms with Crippen LogP contribution in [0, 0.1) is 6.92 Å². The first-order chi connectivity index (χ1) is 8.60. The Morgan fingerprint density at radius 2 is 1.83 bits per heavy atom. The number of hydrogen-bond acceptors (Lipinski definition) is 2. The molecule has 4 heteroatoms. The Labute approximate surface area is 121 Å². The van der Waals surface area contributed by atoms with Crippen molar-refractivity contribution in [3.63, 3.8) is 0 Å². The molecule has 2 aromatic carbocycles. The maximum Gasteiger partial charge on any atom is 0.0603 e. The van der Waals surface area contributed by atoms with E-state index in [-0.39, 0.29) is 0 Å². The molecule has 0 aliphatic carbocycles. The second-order valence-electron chi connectivity index (χ2n) is 3.99. The molecule has 0 aliphatic heterocycles. The highest BCUT2D eigenvalue weighted by molar-refractivity contribution is 7.99. The van der Waals surface area contributed by atoms with Crippen LogP contribution < -0.4 is 5.73 Å². The molecule has 0 heterocycles. The lowest BCUT2D eigenvalue weighted by atomic mass is 10.1. The third kappa shape index (κ3) is 3.21. The van der Waals surface area contributed by atoms with Gasteiger partial charge < -0.3 is 5.73 Å². The topological polar surface area (TPSA) is 26.0 Å². The van der Waals surface area contributed by atoms with Crippen molar-refractivity contribution in [3.05, 3.63) is 57.6 Å². The summed E-state index contributed by atoms with van der Waals surface area (Å²) in [5.41, 5.74) is 8.10. The van der Waals surface area contributed by atoms with Crippen LogP contribution in [0.15, 0.2) is 46.2 Å². The molecule has 18 heavy (non-hydrogen) atoms. The van der Waals surface area contributed by atoms with E-state index in [1.165, 1.54) is 5.56 Å². The maximum absolute atomic E-state index is 6.02. The Balaban J connectivity index is 2.33. The number of rotatable bonds is 3. The van der Waals surface area contributed by atoms with Crippen LogP contribution in [0.1, 0.15) is 11.1 Å².